The predicted octanol–water partition coefficient (Wildman–Crippen LogP) is 6.69. The van der Waals surface area contributed by atoms with Crippen molar-refractivity contribution in [3.63, 3.8) is 0 Å². The third-order valence-electron chi connectivity index (χ3n) is 6.21. The molecule has 0 unspecified atom stereocenters. The summed E-state index contributed by atoms with van der Waals surface area (Å²) >= 11 is 0. The molecule has 1 aliphatic rings. The van der Waals surface area contributed by atoms with Gasteiger partial charge >= 0.3 is 12.4 Å². The first kappa shape index (κ1) is 26.2. The van der Waals surface area contributed by atoms with E-state index in [-0.39, 0.29) is 18.2 Å². The lowest BCUT2D eigenvalue weighted by Gasteiger charge is -2.17. The quantitative estimate of drug-likeness (QED) is 0.336. The molecule has 1 atom stereocenters. The van der Waals surface area contributed by atoms with Crippen LogP contribution < -0.4 is 0 Å². The van der Waals surface area contributed by atoms with Gasteiger partial charge in [0.25, 0.3) is 0 Å². The first-order chi connectivity index (χ1) is 16.8. The van der Waals surface area contributed by atoms with E-state index in [4.69, 9.17) is 0 Å². The van der Waals surface area contributed by atoms with Gasteiger partial charge in [0, 0.05) is 13.1 Å². The molecule has 1 saturated heterocycles. The van der Waals surface area contributed by atoms with Crippen LogP contribution in [0.3, 0.4) is 0 Å². The number of rotatable bonds is 6. The molecule has 36 heavy (non-hydrogen) atoms. The van der Waals surface area contributed by atoms with Gasteiger partial charge in [-0.25, -0.2) is 8.42 Å². The van der Waals surface area contributed by atoms with Crippen LogP contribution in [0, 0.1) is 5.92 Å². The molecule has 1 aliphatic heterocycles. The van der Waals surface area contributed by atoms with Crippen molar-refractivity contribution in [2.45, 2.75) is 30.2 Å². The third kappa shape index (κ3) is 6.28. The minimum Gasteiger partial charge on any atom is -0.299 e. The van der Waals surface area contributed by atoms with Crippen molar-refractivity contribution < 1.29 is 34.8 Å². The van der Waals surface area contributed by atoms with E-state index in [2.05, 4.69) is 0 Å². The Morgan fingerprint density at radius 3 is 1.89 bits per heavy atom. The van der Waals surface area contributed by atoms with Crippen LogP contribution in [-0.2, 0) is 28.7 Å². The fraction of sp³-hybridized carbons (Fsp3) is 0.308. The van der Waals surface area contributed by atoms with Crippen molar-refractivity contribution in [1.82, 2.24) is 4.90 Å². The second-order valence-corrected chi connectivity index (χ2v) is 11.0. The molecule has 0 bridgehead atoms. The summed E-state index contributed by atoms with van der Waals surface area (Å²) in [6.07, 6.45) is -9.73. The Morgan fingerprint density at radius 1 is 0.778 bits per heavy atom. The van der Waals surface area contributed by atoms with Crippen LogP contribution >= 0.6 is 0 Å². The maximum Gasteiger partial charge on any atom is 0.416 e. The molecular formula is C26H23F6NO2S. The predicted molar refractivity (Wildman–Crippen MR) is 124 cm³/mol. The van der Waals surface area contributed by atoms with E-state index in [1.165, 1.54) is 0 Å². The monoisotopic (exact) mass is 527 g/mol. The van der Waals surface area contributed by atoms with Crippen molar-refractivity contribution in [1.29, 1.82) is 0 Å². The highest BCUT2D eigenvalue weighted by atomic mass is 32.2. The SMILES string of the molecule is O=S(=O)(C[C@@H]1CCN(Cc2ccc(-c3ccccc3)cc2)C1)c1cc(C(F)(F)F)cc(C(F)(F)F)c1. The van der Waals surface area contributed by atoms with Gasteiger partial charge in [-0.2, -0.15) is 26.3 Å². The van der Waals surface area contributed by atoms with E-state index in [1.807, 2.05) is 59.5 Å². The fourth-order valence-corrected chi connectivity index (χ4v) is 6.09. The average molecular weight is 528 g/mol. The molecule has 4 rings (SSSR count). The smallest absolute Gasteiger partial charge is 0.299 e. The molecular weight excluding hydrogens is 504 g/mol. The van der Waals surface area contributed by atoms with Crippen molar-refractivity contribution >= 4 is 9.84 Å². The minimum absolute atomic E-state index is 0.0700. The average Bonchev–Trinajstić information content (AvgIpc) is 3.24. The number of likely N-dealkylation sites (tertiary alicyclic amines) is 1. The molecule has 0 N–H and O–H groups in total. The van der Waals surface area contributed by atoms with Crippen molar-refractivity contribution in [3.05, 3.63) is 89.5 Å². The van der Waals surface area contributed by atoms with E-state index < -0.39 is 49.9 Å². The first-order valence-corrected chi connectivity index (χ1v) is 12.9. The Bertz CT molecular complexity index is 1270. The summed E-state index contributed by atoms with van der Waals surface area (Å²) in [7, 11) is -4.37. The number of halogens is 6. The second kappa shape index (κ2) is 9.89. The van der Waals surface area contributed by atoms with Crippen LogP contribution in [0.1, 0.15) is 23.1 Å². The van der Waals surface area contributed by atoms with Crippen LogP contribution in [0.2, 0.25) is 0 Å². The summed E-state index contributed by atoms with van der Waals surface area (Å²) in [6.45, 7) is 1.52. The lowest BCUT2D eigenvalue weighted by molar-refractivity contribution is -0.143. The molecule has 0 radical (unpaired) electrons. The molecule has 0 aromatic heterocycles. The van der Waals surface area contributed by atoms with E-state index in [1.54, 1.807) is 0 Å². The van der Waals surface area contributed by atoms with E-state index in [0.717, 1.165) is 16.7 Å². The summed E-state index contributed by atoms with van der Waals surface area (Å²) in [4.78, 5) is 1.07. The maximum absolute atomic E-state index is 13.1. The maximum atomic E-state index is 13.1. The molecule has 0 aliphatic carbocycles. The first-order valence-electron chi connectivity index (χ1n) is 11.2. The van der Waals surface area contributed by atoms with Gasteiger partial charge in [0.2, 0.25) is 0 Å². The summed E-state index contributed by atoms with van der Waals surface area (Å²) in [5.41, 5.74) is -0.112. The summed E-state index contributed by atoms with van der Waals surface area (Å²) in [6, 6.07) is 18.3. The molecule has 0 saturated carbocycles. The summed E-state index contributed by atoms with van der Waals surface area (Å²) in [5.74, 6) is -0.919. The van der Waals surface area contributed by atoms with Gasteiger partial charge in [-0.1, -0.05) is 54.6 Å². The highest BCUT2D eigenvalue weighted by molar-refractivity contribution is 7.91. The largest absolute Gasteiger partial charge is 0.416 e. The van der Waals surface area contributed by atoms with Gasteiger partial charge in [-0.15, -0.1) is 0 Å². The van der Waals surface area contributed by atoms with E-state index in [0.29, 0.717) is 26.1 Å². The summed E-state index contributed by atoms with van der Waals surface area (Å²) in [5, 5.41) is 0. The van der Waals surface area contributed by atoms with Gasteiger partial charge in [0.05, 0.1) is 21.8 Å². The molecule has 0 amide bonds. The van der Waals surface area contributed by atoms with E-state index >= 15 is 0 Å². The lowest BCUT2D eigenvalue weighted by atomic mass is 10.0. The van der Waals surface area contributed by atoms with Crippen LogP contribution in [0.15, 0.2) is 77.7 Å². The van der Waals surface area contributed by atoms with Gasteiger partial charge in [0.1, 0.15) is 0 Å². The van der Waals surface area contributed by atoms with E-state index in [9.17, 15) is 34.8 Å². The zero-order chi connectivity index (χ0) is 26.1. The Kier molecular flexibility index (Phi) is 7.21. The highest BCUT2D eigenvalue weighted by Gasteiger charge is 2.39. The fourth-order valence-electron chi connectivity index (χ4n) is 4.40. The van der Waals surface area contributed by atoms with Crippen molar-refractivity contribution in [2.24, 2.45) is 5.92 Å². The van der Waals surface area contributed by atoms with Crippen molar-refractivity contribution in [2.75, 3.05) is 18.8 Å². The molecule has 10 heteroatoms. The Morgan fingerprint density at radius 2 is 1.33 bits per heavy atom. The second-order valence-electron chi connectivity index (χ2n) is 8.98. The standard InChI is InChI=1S/C26H23F6NO2S/c27-25(28,29)22-12-23(26(30,31)32)14-24(13-22)36(34,35)17-19-10-11-33(16-19)15-18-6-8-21(9-7-18)20-4-2-1-3-5-20/h1-9,12-14,19H,10-11,15-17H2/t19-/m1/s1. The number of hydrogen-bond acceptors (Lipinski definition) is 3. The Labute approximate surface area is 205 Å². The zero-order valence-electron chi connectivity index (χ0n) is 19.0. The molecule has 1 heterocycles. The lowest BCUT2D eigenvalue weighted by Crippen LogP contribution is -2.23. The Balaban J connectivity index is 1.44. The van der Waals surface area contributed by atoms with Gasteiger partial charge in [0.15, 0.2) is 9.84 Å². The molecule has 1 fully saturated rings. The van der Waals surface area contributed by atoms with Crippen LogP contribution in [0.4, 0.5) is 26.3 Å². The Hall–Kier alpha value is -2.85. The number of hydrogen-bond donors (Lipinski definition) is 0. The van der Waals surface area contributed by atoms with Crippen LogP contribution in [0.5, 0.6) is 0 Å². The normalized spacial score (nSPS) is 17.4. The number of benzene rings is 3. The zero-order valence-corrected chi connectivity index (χ0v) is 19.8. The molecule has 3 aromatic rings. The molecule has 0 spiro atoms. The van der Waals surface area contributed by atoms with Crippen molar-refractivity contribution in [3.8, 4) is 11.1 Å². The van der Waals surface area contributed by atoms with Crippen LogP contribution in [-0.4, -0.2) is 32.2 Å². The van der Waals surface area contributed by atoms with Gasteiger partial charge < -0.3 is 0 Å². The molecule has 192 valence electrons. The molecule has 3 aromatic carbocycles. The summed E-state index contributed by atoms with van der Waals surface area (Å²) < 4.78 is 105. The number of sulfone groups is 1. The van der Waals surface area contributed by atoms with Crippen LogP contribution in [0.25, 0.3) is 11.1 Å². The number of alkyl halides is 6. The highest BCUT2D eigenvalue weighted by Crippen LogP contribution is 2.38. The topological polar surface area (TPSA) is 37.4 Å². The van der Waals surface area contributed by atoms with Gasteiger partial charge in [-0.3, -0.25) is 4.90 Å². The molecule has 3 nitrogen and oxygen atoms in total. The minimum atomic E-state index is -5.11. The third-order valence-corrected chi connectivity index (χ3v) is 8.08. The van der Waals surface area contributed by atoms with Gasteiger partial charge in [-0.05, 0) is 53.8 Å². The number of nitrogens with zero attached hydrogens (tertiary/aromatic N) is 1.